The van der Waals surface area contributed by atoms with E-state index >= 15 is 0 Å². The van der Waals surface area contributed by atoms with E-state index in [1.807, 2.05) is 0 Å². The van der Waals surface area contributed by atoms with Crippen LogP contribution in [0.1, 0.15) is 24.1 Å². The average Bonchev–Trinajstić information content (AvgIpc) is 2.73. The van der Waals surface area contributed by atoms with Gasteiger partial charge in [-0.25, -0.2) is 9.59 Å². The largest absolute Gasteiger partial charge is 0.493 e. The van der Waals surface area contributed by atoms with Gasteiger partial charge in [-0.2, -0.15) is 0 Å². The van der Waals surface area contributed by atoms with Crippen molar-refractivity contribution in [2.24, 2.45) is 0 Å². The van der Waals surface area contributed by atoms with Gasteiger partial charge in [0, 0.05) is 5.70 Å². The zero-order valence-electron chi connectivity index (χ0n) is 16.5. The predicted molar refractivity (Wildman–Crippen MR) is 113 cm³/mol. The van der Waals surface area contributed by atoms with Gasteiger partial charge in [-0.3, -0.25) is 0 Å². The third kappa shape index (κ3) is 4.63. The number of urea groups is 1. The summed E-state index contributed by atoms with van der Waals surface area (Å²) in [7, 11) is 2.81. The highest BCUT2D eigenvalue weighted by Crippen LogP contribution is 2.35. The van der Waals surface area contributed by atoms with Gasteiger partial charge in [0.25, 0.3) is 0 Å². The molecule has 2 aromatic carbocycles. The molecule has 2 aromatic rings. The van der Waals surface area contributed by atoms with Gasteiger partial charge in [-0.15, -0.1) is 0 Å². The normalized spacial score (nSPS) is 15.9. The highest BCUT2D eigenvalue weighted by atomic mass is 35.5. The molecule has 0 saturated heterocycles. The van der Waals surface area contributed by atoms with Crippen LogP contribution in [0.4, 0.5) is 4.79 Å². The summed E-state index contributed by atoms with van der Waals surface area (Å²) in [6, 6.07) is 9.26. The number of nitrogens with one attached hydrogen (secondary N) is 2. The molecule has 0 fully saturated rings. The topological polar surface area (TPSA) is 85.9 Å². The number of amides is 2. The minimum atomic E-state index is -0.704. The number of methoxy groups -OCH3 is 2. The highest BCUT2D eigenvalue weighted by molar-refractivity contribution is 6.42. The smallest absolute Gasteiger partial charge is 0.337 e. The number of carbonyl (C=O) groups excluding carboxylic acids is 2. The molecule has 0 saturated carbocycles. The first-order valence-corrected chi connectivity index (χ1v) is 9.71. The number of ether oxygens (including phenoxy) is 3. The van der Waals surface area contributed by atoms with Crippen LogP contribution in [0, 0.1) is 0 Å². The van der Waals surface area contributed by atoms with E-state index in [9.17, 15) is 9.59 Å². The van der Waals surface area contributed by atoms with Gasteiger partial charge in [0.1, 0.15) is 6.61 Å². The summed E-state index contributed by atoms with van der Waals surface area (Å²) in [6.45, 7) is 1.86. The minimum Gasteiger partial charge on any atom is -0.493 e. The van der Waals surface area contributed by atoms with Gasteiger partial charge in [-0.05, 0) is 42.3 Å². The first-order valence-electron chi connectivity index (χ1n) is 8.95. The van der Waals surface area contributed by atoms with E-state index in [0.29, 0.717) is 38.4 Å². The second-order valence-corrected chi connectivity index (χ2v) is 7.32. The van der Waals surface area contributed by atoms with Crippen molar-refractivity contribution in [1.29, 1.82) is 0 Å². The molecule has 1 aliphatic heterocycles. The fraction of sp³-hybridized carbons (Fsp3) is 0.238. The Morgan fingerprint density at radius 2 is 1.83 bits per heavy atom. The van der Waals surface area contributed by atoms with Crippen molar-refractivity contribution >= 4 is 35.2 Å². The number of benzene rings is 2. The summed E-state index contributed by atoms with van der Waals surface area (Å²) in [6.07, 6.45) is 0. The zero-order valence-corrected chi connectivity index (χ0v) is 18.1. The van der Waals surface area contributed by atoms with Crippen LogP contribution in [0.2, 0.25) is 10.0 Å². The fourth-order valence-corrected chi connectivity index (χ4v) is 3.42. The van der Waals surface area contributed by atoms with Gasteiger partial charge in [0.2, 0.25) is 0 Å². The lowest BCUT2D eigenvalue weighted by molar-refractivity contribution is -0.136. The SMILES string of the molecule is COC(=O)C1=C(C)NC(=O)NC1c1ccc(OC)c(OCc2ccc(Cl)c(Cl)c2)c1. The first kappa shape index (κ1) is 21.8. The van der Waals surface area contributed by atoms with Crippen LogP contribution in [0.25, 0.3) is 0 Å². The van der Waals surface area contributed by atoms with Gasteiger partial charge < -0.3 is 24.8 Å². The van der Waals surface area contributed by atoms with Crippen molar-refractivity contribution < 1.29 is 23.8 Å². The molecule has 0 aliphatic carbocycles. The Kier molecular flexibility index (Phi) is 6.74. The Hall–Kier alpha value is -2.90. The minimum absolute atomic E-state index is 0.216. The molecule has 7 nitrogen and oxygen atoms in total. The summed E-state index contributed by atoms with van der Waals surface area (Å²) < 4.78 is 16.2. The maximum absolute atomic E-state index is 12.3. The molecular formula is C21H20Cl2N2O5. The standard InChI is InChI=1S/C21H20Cl2N2O5/c1-11-18(20(26)29-3)19(25-21(27)24-11)13-5-7-16(28-2)17(9-13)30-10-12-4-6-14(22)15(23)8-12/h4-9,19H,10H2,1-3H3,(H2,24,25,27). The van der Waals surface area contributed by atoms with E-state index in [0.717, 1.165) is 5.56 Å². The van der Waals surface area contributed by atoms with Crippen molar-refractivity contribution in [3.8, 4) is 11.5 Å². The van der Waals surface area contributed by atoms with Gasteiger partial charge in [-0.1, -0.05) is 35.3 Å². The molecule has 9 heteroatoms. The van der Waals surface area contributed by atoms with Crippen molar-refractivity contribution in [2.45, 2.75) is 19.6 Å². The monoisotopic (exact) mass is 450 g/mol. The summed E-state index contributed by atoms with van der Waals surface area (Å²) in [5.74, 6) is 0.397. The maximum atomic E-state index is 12.3. The van der Waals surface area contributed by atoms with Crippen LogP contribution in [-0.4, -0.2) is 26.2 Å². The number of hydrogen-bond acceptors (Lipinski definition) is 5. The molecule has 0 radical (unpaired) electrons. The number of carbonyl (C=O) groups is 2. The number of hydrogen-bond donors (Lipinski definition) is 2. The van der Waals surface area contributed by atoms with Crippen LogP contribution >= 0.6 is 23.2 Å². The van der Waals surface area contributed by atoms with Crippen LogP contribution < -0.4 is 20.1 Å². The molecular weight excluding hydrogens is 431 g/mol. The molecule has 2 N–H and O–H groups in total. The fourth-order valence-electron chi connectivity index (χ4n) is 3.10. The van der Waals surface area contributed by atoms with Gasteiger partial charge in [0.05, 0.1) is 35.9 Å². The summed E-state index contributed by atoms with van der Waals surface area (Å²) in [5, 5.41) is 6.22. The lowest BCUT2D eigenvalue weighted by Gasteiger charge is -2.28. The third-order valence-corrected chi connectivity index (χ3v) is 5.31. The van der Waals surface area contributed by atoms with Crippen LogP contribution in [0.15, 0.2) is 47.7 Å². The highest BCUT2D eigenvalue weighted by Gasteiger charge is 2.32. The maximum Gasteiger partial charge on any atom is 0.337 e. The lowest BCUT2D eigenvalue weighted by Crippen LogP contribution is -2.45. The molecule has 30 heavy (non-hydrogen) atoms. The van der Waals surface area contributed by atoms with E-state index in [2.05, 4.69) is 10.6 Å². The molecule has 1 aliphatic rings. The second-order valence-electron chi connectivity index (χ2n) is 6.51. The zero-order chi connectivity index (χ0) is 21.8. The van der Waals surface area contributed by atoms with E-state index in [1.54, 1.807) is 43.3 Å². The lowest BCUT2D eigenvalue weighted by atomic mass is 9.95. The van der Waals surface area contributed by atoms with Crippen LogP contribution in [0.5, 0.6) is 11.5 Å². The van der Waals surface area contributed by atoms with Gasteiger partial charge >= 0.3 is 12.0 Å². The number of rotatable bonds is 6. The molecule has 158 valence electrons. The van der Waals surface area contributed by atoms with Gasteiger partial charge in [0.15, 0.2) is 11.5 Å². The van der Waals surface area contributed by atoms with Crippen molar-refractivity contribution in [3.63, 3.8) is 0 Å². The predicted octanol–water partition coefficient (Wildman–Crippen LogP) is 4.38. The van der Waals surface area contributed by atoms with Crippen molar-refractivity contribution in [3.05, 3.63) is 68.8 Å². The van der Waals surface area contributed by atoms with E-state index in [-0.39, 0.29) is 6.61 Å². The summed E-state index contributed by atoms with van der Waals surface area (Å²) in [5.41, 5.74) is 2.18. The van der Waals surface area contributed by atoms with E-state index in [4.69, 9.17) is 37.4 Å². The molecule has 0 bridgehead atoms. The molecule has 1 heterocycles. The third-order valence-electron chi connectivity index (χ3n) is 4.57. The van der Waals surface area contributed by atoms with Crippen molar-refractivity contribution in [1.82, 2.24) is 10.6 Å². The molecule has 2 amide bonds. The summed E-state index contributed by atoms with van der Waals surface area (Å²) >= 11 is 12.0. The number of halogens is 2. The van der Waals surface area contributed by atoms with E-state index < -0.39 is 18.0 Å². The average molecular weight is 451 g/mol. The molecule has 1 unspecified atom stereocenters. The Morgan fingerprint density at radius 3 is 2.50 bits per heavy atom. The quantitative estimate of drug-likeness (QED) is 0.637. The Bertz CT molecular complexity index is 1020. The van der Waals surface area contributed by atoms with Crippen molar-refractivity contribution in [2.75, 3.05) is 14.2 Å². The second kappa shape index (κ2) is 9.28. The Balaban J connectivity index is 1.92. The van der Waals surface area contributed by atoms with E-state index in [1.165, 1.54) is 14.2 Å². The summed E-state index contributed by atoms with van der Waals surface area (Å²) in [4.78, 5) is 24.3. The molecule has 0 aromatic heterocycles. The molecule has 0 spiro atoms. The Morgan fingerprint density at radius 1 is 1.07 bits per heavy atom. The van der Waals surface area contributed by atoms with Crippen LogP contribution in [0.3, 0.4) is 0 Å². The Labute approximate surface area is 183 Å². The molecule has 3 rings (SSSR count). The molecule has 1 atom stereocenters. The first-order chi connectivity index (χ1) is 14.3. The number of esters is 1. The number of allylic oxidation sites excluding steroid dienone is 1. The van der Waals surface area contributed by atoms with Crippen LogP contribution in [-0.2, 0) is 16.1 Å².